The van der Waals surface area contributed by atoms with Gasteiger partial charge in [-0.2, -0.15) is 0 Å². The number of rotatable bonds is 6. The molecule has 1 aliphatic heterocycles. The number of aliphatic hydroxyl groups is 1. The van der Waals surface area contributed by atoms with Crippen molar-refractivity contribution >= 4 is 34.1 Å². The van der Waals surface area contributed by atoms with E-state index in [0.717, 1.165) is 42.5 Å². The van der Waals surface area contributed by atoms with Gasteiger partial charge in [-0.1, -0.05) is 41.4 Å². The van der Waals surface area contributed by atoms with Gasteiger partial charge in [0.1, 0.15) is 5.75 Å². The number of nitrogens with zero attached hydrogens (tertiary/aromatic N) is 2. The Morgan fingerprint density at radius 3 is 2.66 bits per heavy atom. The highest BCUT2D eigenvalue weighted by atomic mass is 35.5. The molecule has 0 aliphatic carbocycles. The second-order valence-electron chi connectivity index (χ2n) is 7.57. The molecule has 0 amide bonds. The molecule has 29 heavy (non-hydrogen) atoms. The van der Waals surface area contributed by atoms with E-state index < -0.39 is 5.60 Å². The van der Waals surface area contributed by atoms with Crippen LogP contribution in [0.25, 0.3) is 10.9 Å². The second-order valence-corrected chi connectivity index (χ2v) is 8.41. The van der Waals surface area contributed by atoms with Crippen molar-refractivity contribution in [3.63, 3.8) is 0 Å². The number of likely N-dealkylation sites (tertiary alicyclic amines) is 1. The SMILES string of the molecule is OC1(c2cnc3ccccc3c2)CCN(CCCOc2ccc(Cl)cc2Cl)CC1. The maximum Gasteiger partial charge on any atom is 0.137 e. The van der Waals surface area contributed by atoms with Gasteiger partial charge in [0, 0.05) is 41.8 Å². The number of aromatic nitrogens is 1. The van der Waals surface area contributed by atoms with Gasteiger partial charge in [0.2, 0.25) is 0 Å². The number of hydrogen-bond donors (Lipinski definition) is 1. The van der Waals surface area contributed by atoms with Crippen LogP contribution in [0.5, 0.6) is 5.75 Å². The summed E-state index contributed by atoms with van der Waals surface area (Å²) in [6.45, 7) is 3.23. The number of halogens is 2. The standard InChI is InChI=1S/C23H24Cl2N2O2/c24-19-6-7-22(20(25)15-19)29-13-3-10-27-11-8-23(28,9-12-27)18-14-17-4-1-2-5-21(17)26-16-18/h1-2,4-7,14-16,28H,3,8-13H2. The molecule has 152 valence electrons. The quantitative estimate of drug-likeness (QED) is 0.539. The van der Waals surface area contributed by atoms with Crippen molar-refractivity contribution < 1.29 is 9.84 Å². The third-order valence-corrected chi connectivity index (χ3v) is 6.11. The Balaban J connectivity index is 1.27. The van der Waals surface area contributed by atoms with Crippen LogP contribution in [0.4, 0.5) is 0 Å². The van der Waals surface area contributed by atoms with Crippen LogP contribution < -0.4 is 4.74 Å². The summed E-state index contributed by atoms with van der Waals surface area (Å²) in [5, 5.41) is 13.4. The lowest BCUT2D eigenvalue weighted by atomic mass is 9.85. The molecule has 1 aromatic heterocycles. The summed E-state index contributed by atoms with van der Waals surface area (Å²) in [4.78, 5) is 6.88. The van der Waals surface area contributed by atoms with Crippen LogP contribution in [-0.2, 0) is 5.60 Å². The van der Waals surface area contributed by atoms with Crippen molar-refractivity contribution in [1.82, 2.24) is 9.88 Å². The zero-order valence-electron chi connectivity index (χ0n) is 16.2. The first-order chi connectivity index (χ1) is 14.0. The molecule has 1 saturated heterocycles. The number of piperidine rings is 1. The molecule has 0 spiro atoms. The lowest BCUT2D eigenvalue weighted by Gasteiger charge is -2.38. The van der Waals surface area contributed by atoms with E-state index in [9.17, 15) is 5.11 Å². The Labute approximate surface area is 181 Å². The van der Waals surface area contributed by atoms with Gasteiger partial charge in [0.15, 0.2) is 0 Å². The van der Waals surface area contributed by atoms with Crippen LogP contribution in [0.15, 0.2) is 54.7 Å². The molecular weight excluding hydrogens is 407 g/mol. The molecule has 4 rings (SSSR count). The van der Waals surface area contributed by atoms with E-state index in [0.29, 0.717) is 35.2 Å². The van der Waals surface area contributed by atoms with Crippen LogP contribution in [0, 0.1) is 0 Å². The smallest absolute Gasteiger partial charge is 0.137 e. The summed E-state index contributed by atoms with van der Waals surface area (Å²) >= 11 is 12.0. The third-order valence-electron chi connectivity index (χ3n) is 5.58. The Morgan fingerprint density at radius 1 is 1.07 bits per heavy atom. The third kappa shape index (κ3) is 4.84. The zero-order chi connectivity index (χ0) is 20.3. The molecule has 0 atom stereocenters. The first-order valence-electron chi connectivity index (χ1n) is 9.91. The maximum atomic E-state index is 11.2. The second kappa shape index (κ2) is 8.88. The van der Waals surface area contributed by atoms with Gasteiger partial charge in [0.05, 0.1) is 22.7 Å². The Bertz CT molecular complexity index is 988. The monoisotopic (exact) mass is 430 g/mol. The van der Waals surface area contributed by atoms with E-state index in [1.54, 1.807) is 18.2 Å². The first-order valence-corrected chi connectivity index (χ1v) is 10.7. The van der Waals surface area contributed by atoms with Gasteiger partial charge >= 0.3 is 0 Å². The Hall–Kier alpha value is -1.85. The molecule has 1 aliphatic rings. The maximum absolute atomic E-state index is 11.2. The fourth-order valence-electron chi connectivity index (χ4n) is 3.82. The number of hydrogen-bond acceptors (Lipinski definition) is 4. The topological polar surface area (TPSA) is 45.6 Å². The van der Waals surface area contributed by atoms with Gasteiger partial charge in [-0.3, -0.25) is 4.98 Å². The summed E-state index contributed by atoms with van der Waals surface area (Å²) in [6.07, 6.45) is 4.13. The summed E-state index contributed by atoms with van der Waals surface area (Å²) in [6, 6.07) is 15.3. The fourth-order valence-corrected chi connectivity index (χ4v) is 4.29. The molecule has 0 radical (unpaired) electrons. The van der Waals surface area contributed by atoms with Crippen molar-refractivity contribution in [1.29, 1.82) is 0 Å². The minimum absolute atomic E-state index is 0.532. The number of benzene rings is 2. The average molecular weight is 431 g/mol. The first kappa shape index (κ1) is 20.4. The minimum atomic E-state index is -0.805. The molecule has 1 N–H and O–H groups in total. The molecule has 6 heteroatoms. The number of ether oxygens (including phenoxy) is 1. The summed E-state index contributed by atoms with van der Waals surface area (Å²) < 4.78 is 5.76. The van der Waals surface area contributed by atoms with Gasteiger partial charge in [-0.05, 0) is 49.6 Å². The summed E-state index contributed by atoms with van der Waals surface area (Å²) in [5.41, 5.74) is 1.07. The average Bonchev–Trinajstić information content (AvgIpc) is 2.73. The van der Waals surface area contributed by atoms with Gasteiger partial charge in [-0.25, -0.2) is 0 Å². The lowest BCUT2D eigenvalue weighted by Crippen LogP contribution is -2.43. The largest absolute Gasteiger partial charge is 0.492 e. The van der Waals surface area contributed by atoms with Crippen molar-refractivity contribution in [2.24, 2.45) is 0 Å². The van der Waals surface area contributed by atoms with Crippen molar-refractivity contribution in [3.05, 3.63) is 70.3 Å². The van der Waals surface area contributed by atoms with E-state index in [4.69, 9.17) is 27.9 Å². The molecule has 4 nitrogen and oxygen atoms in total. The van der Waals surface area contributed by atoms with E-state index in [2.05, 4.69) is 16.0 Å². The Kier molecular flexibility index (Phi) is 6.26. The summed E-state index contributed by atoms with van der Waals surface area (Å²) in [5.74, 6) is 0.660. The van der Waals surface area contributed by atoms with Crippen molar-refractivity contribution in [2.75, 3.05) is 26.2 Å². The molecule has 1 fully saturated rings. The molecular formula is C23H24Cl2N2O2. The number of fused-ring (bicyclic) bond motifs is 1. The molecule has 2 heterocycles. The van der Waals surface area contributed by atoms with E-state index >= 15 is 0 Å². The van der Waals surface area contributed by atoms with Crippen LogP contribution in [-0.4, -0.2) is 41.2 Å². The van der Waals surface area contributed by atoms with Crippen molar-refractivity contribution in [3.8, 4) is 5.75 Å². The molecule has 0 bridgehead atoms. The predicted octanol–water partition coefficient (Wildman–Crippen LogP) is 5.29. The highest BCUT2D eigenvalue weighted by Crippen LogP contribution is 2.34. The van der Waals surface area contributed by atoms with Crippen LogP contribution >= 0.6 is 23.2 Å². The van der Waals surface area contributed by atoms with Crippen LogP contribution in [0.3, 0.4) is 0 Å². The van der Waals surface area contributed by atoms with Gasteiger partial charge in [-0.15, -0.1) is 0 Å². The van der Waals surface area contributed by atoms with Crippen LogP contribution in [0.2, 0.25) is 10.0 Å². The molecule has 3 aromatic rings. The highest BCUT2D eigenvalue weighted by Gasteiger charge is 2.34. The lowest BCUT2D eigenvalue weighted by molar-refractivity contribution is -0.0266. The normalized spacial score (nSPS) is 16.8. The predicted molar refractivity (Wildman–Crippen MR) is 118 cm³/mol. The van der Waals surface area contributed by atoms with Crippen LogP contribution in [0.1, 0.15) is 24.8 Å². The van der Waals surface area contributed by atoms with E-state index in [1.165, 1.54) is 0 Å². The summed E-state index contributed by atoms with van der Waals surface area (Å²) in [7, 11) is 0. The highest BCUT2D eigenvalue weighted by molar-refractivity contribution is 6.35. The van der Waals surface area contributed by atoms with Gasteiger partial charge < -0.3 is 14.7 Å². The number of para-hydroxylation sites is 1. The van der Waals surface area contributed by atoms with E-state index in [1.807, 2.05) is 30.5 Å². The zero-order valence-corrected chi connectivity index (χ0v) is 17.7. The molecule has 0 unspecified atom stereocenters. The number of pyridine rings is 1. The van der Waals surface area contributed by atoms with Crippen molar-refractivity contribution in [2.45, 2.75) is 24.9 Å². The van der Waals surface area contributed by atoms with E-state index in [-0.39, 0.29) is 0 Å². The molecule has 0 saturated carbocycles. The van der Waals surface area contributed by atoms with Gasteiger partial charge in [0.25, 0.3) is 0 Å². The molecule has 2 aromatic carbocycles. The Morgan fingerprint density at radius 2 is 1.86 bits per heavy atom. The fraction of sp³-hybridized carbons (Fsp3) is 0.348. The minimum Gasteiger partial charge on any atom is -0.492 e.